The lowest BCUT2D eigenvalue weighted by molar-refractivity contribution is -0.122. The fraction of sp³-hybridized carbons (Fsp3) is 0.500. The summed E-state index contributed by atoms with van der Waals surface area (Å²) < 4.78 is 11.5. The van der Waals surface area contributed by atoms with E-state index in [0.29, 0.717) is 13.0 Å². The molecule has 1 aromatic carbocycles. The molecular weight excluding hydrogens is 296 g/mol. The summed E-state index contributed by atoms with van der Waals surface area (Å²) in [4.78, 5) is 12.1. The van der Waals surface area contributed by atoms with E-state index in [9.17, 15) is 4.79 Å². The van der Waals surface area contributed by atoms with Crippen molar-refractivity contribution >= 4 is 21.7 Å². The third kappa shape index (κ3) is 3.12. The molecule has 0 spiro atoms. The molecule has 0 saturated carbocycles. The van der Waals surface area contributed by atoms with Gasteiger partial charge in [-0.3, -0.25) is 4.79 Å². The number of Topliss-reactive ketones (excluding diaryl/α,β-unsaturated/α-hetero) is 1. The van der Waals surface area contributed by atoms with Crippen LogP contribution in [0, 0.1) is 5.92 Å². The standard InChI is InChI=1S/C14H17BrO3/c1-9-5-11(8-18-9)13(16)7-10-3-4-14(17-2)12(15)6-10/h3-4,6,9,11H,5,7-8H2,1-2H3. The first kappa shape index (κ1) is 13.6. The van der Waals surface area contributed by atoms with Gasteiger partial charge in [-0.25, -0.2) is 0 Å². The molecule has 2 atom stereocenters. The van der Waals surface area contributed by atoms with E-state index in [0.717, 1.165) is 22.2 Å². The second-order valence-corrected chi connectivity index (χ2v) is 5.54. The molecule has 0 aliphatic carbocycles. The second-order valence-electron chi connectivity index (χ2n) is 4.69. The van der Waals surface area contributed by atoms with E-state index in [-0.39, 0.29) is 17.8 Å². The van der Waals surface area contributed by atoms with Gasteiger partial charge < -0.3 is 9.47 Å². The van der Waals surface area contributed by atoms with Crippen LogP contribution in [0.15, 0.2) is 22.7 Å². The van der Waals surface area contributed by atoms with E-state index in [1.807, 2.05) is 25.1 Å². The van der Waals surface area contributed by atoms with Crippen LogP contribution in [0.4, 0.5) is 0 Å². The molecule has 98 valence electrons. The van der Waals surface area contributed by atoms with Crippen molar-refractivity contribution in [1.82, 2.24) is 0 Å². The van der Waals surface area contributed by atoms with Crippen molar-refractivity contribution in [2.75, 3.05) is 13.7 Å². The normalized spacial score (nSPS) is 23.1. The van der Waals surface area contributed by atoms with Gasteiger partial charge in [-0.05, 0) is 47.0 Å². The van der Waals surface area contributed by atoms with Gasteiger partial charge in [0, 0.05) is 12.3 Å². The maximum atomic E-state index is 12.1. The van der Waals surface area contributed by atoms with Crippen LogP contribution in [0.5, 0.6) is 5.75 Å². The van der Waals surface area contributed by atoms with Crippen molar-refractivity contribution in [2.45, 2.75) is 25.9 Å². The molecule has 3 nitrogen and oxygen atoms in total. The number of hydrogen-bond donors (Lipinski definition) is 0. The largest absolute Gasteiger partial charge is 0.496 e. The predicted octanol–water partition coefficient (Wildman–Crippen LogP) is 2.99. The Labute approximate surface area is 116 Å². The van der Waals surface area contributed by atoms with Crippen LogP contribution < -0.4 is 4.74 Å². The van der Waals surface area contributed by atoms with Crippen molar-refractivity contribution in [3.63, 3.8) is 0 Å². The van der Waals surface area contributed by atoms with Crippen molar-refractivity contribution in [1.29, 1.82) is 0 Å². The summed E-state index contributed by atoms with van der Waals surface area (Å²) in [6, 6.07) is 5.75. The molecule has 0 aromatic heterocycles. The van der Waals surface area contributed by atoms with Crippen LogP contribution in [0.1, 0.15) is 18.9 Å². The molecule has 2 rings (SSSR count). The maximum Gasteiger partial charge on any atom is 0.142 e. The SMILES string of the molecule is COc1ccc(CC(=O)C2COC(C)C2)cc1Br. The Kier molecular flexibility index (Phi) is 4.40. The highest BCUT2D eigenvalue weighted by molar-refractivity contribution is 9.10. The summed E-state index contributed by atoms with van der Waals surface area (Å²) in [5.74, 6) is 1.10. The predicted molar refractivity (Wildman–Crippen MR) is 72.9 cm³/mol. The third-order valence-corrected chi connectivity index (χ3v) is 3.87. The van der Waals surface area contributed by atoms with Crippen LogP contribution in [-0.4, -0.2) is 25.6 Å². The summed E-state index contributed by atoms with van der Waals surface area (Å²) in [7, 11) is 1.63. The average molecular weight is 313 g/mol. The Bertz CT molecular complexity index is 445. The van der Waals surface area contributed by atoms with Gasteiger partial charge in [0.25, 0.3) is 0 Å². The Morgan fingerprint density at radius 1 is 1.56 bits per heavy atom. The van der Waals surface area contributed by atoms with Crippen LogP contribution in [0.25, 0.3) is 0 Å². The summed E-state index contributed by atoms with van der Waals surface area (Å²) in [5.41, 5.74) is 1.01. The lowest BCUT2D eigenvalue weighted by atomic mass is 9.96. The second kappa shape index (κ2) is 5.85. The lowest BCUT2D eigenvalue weighted by Gasteiger charge is -2.08. The molecule has 0 bridgehead atoms. The number of carbonyl (C=O) groups excluding carboxylic acids is 1. The molecule has 18 heavy (non-hydrogen) atoms. The number of benzene rings is 1. The minimum Gasteiger partial charge on any atom is -0.496 e. The molecule has 1 aliphatic heterocycles. The Morgan fingerprint density at radius 3 is 2.89 bits per heavy atom. The molecule has 1 aromatic rings. The van der Waals surface area contributed by atoms with E-state index in [4.69, 9.17) is 9.47 Å². The smallest absolute Gasteiger partial charge is 0.142 e. The van der Waals surface area contributed by atoms with E-state index in [1.165, 1.54) is 0 Å². The number of ether oxygens (including phenoxy) is 2. The van der Waals surface area contributed by atoms with Gasteiger partial charge in [-0.15, -0.1) is 0 Å². The fourth-order valence-electron chi connectivity index (χ4n) is 2.21. The molecule has 0 N–H and O–H groups in total. The van der Waals surface area contributed by atoms with Crippen LogP contribution in [0.2, 0.25) is 0 Å². The number of hydrogen-bond acceptors (Lipinski definition) is 3. The van der Waals surface area contributed by atoms with Gasteiger partial charge in [0.05, 0.1) is 24.3 Å². The van der Waals surface area contributed by atoms with Gasteiger partial charge in [0.15, 0.2) is 0 Å². The molecule has 0 amide bonds. The first-order valence-electron chi connectivity index (χ1n) is 6.07. The first-order valence-corrected chi connectivity index (χ1v) is 6.86. The topological polar surface area (TPSA) is 35.5 Å². The van der Waals surface area contributed by atoms with Gasteiger partial charge in [-0.2, -0.15) is 0 Å². The summed E-state index contributed by atoms with van der Waals surface area (Å²) in [6.45, 7) is 2.58. The number of halogens is 1. The molecule has 4 heteroatoms. The van der Waals surface area contributed by atoms with Crippen LogP contribution >= 0.6 is 15.9 Å². The lowest BCUT2D eigenvalue weighted by Crippen LogP contribution is -2.17. The van der Waals surface area contributed by atoms with Crippen molar-refractivity contribution < 1.29 is 14.3 Å². The monoisotopic (exact) mass is 312 g/mol. The molecule has 0 radical (unpaired) electrons. The Balaban J connectivity index is 2.01. The molecule has 1 fully saturated rings. The molecule has 2 unspecified atom stereocenters. The number of ketones is 1. The molecular formula is C14H17BrO3. The summed E-state index contributed by atoms with van der Waals surface area (Å²) >= 11 is 3.43. The van der Waals surface area contributed by atoms with Gasteiger partial charge in [0.2, 0.25) is 0 Å². The van der Waals surface area contributed by atoms with E-state index in [1.54, 1.807) is 7.11 Å². The first-order chi connectivity index (χ1) is 8.60. The van der Waals surface area contributed by atoms with Crippen LogP contribution in [-0.2, 0) is 16.0 Å². The van der Waals surface area contributed by atoms with E-state index >= 15 is 0 Å². The zero-order valence-electron chi connectivity index (χ0n) is 10.6. The van der Waals surface area contributed by atoms with Crippen molar-refractivity contribution in [3.8, 4) is 5.75 Å². The van der Waals surface area contributed by atoms with Gasteiger partial charge in [-0.1, -0.05) is 6.07 Å². The minimum atomic E-state index is 0.0564. The Hall–Kier alpha value is -0.870. The van der Waals surface area contributed by atoms with E-state index < -0.39 is 0 Å². The minimum absolute atomic E-state index is 0.0564. The maximum absolute atomic E-state index is 12.1. The van der Waals surface area contributed by atoms with E-state index in [2.05, 4.69) is 15.9 Å². The Morgan fingerprint density at radius 2 is 2.33 bits per heavy atom. The highest BCUT2D eigenvalue weighted by Gasteiger charge is 2.27. The zero-order chi connectivity index (χ0) is 13.1. The number of carbonyl (C=O) groups is 1. The molecule has 1 aliphatic rings. The fourth-order valence-corrected chi connectivity index (χ4v) is 2.80. The van der Waals surface area contributed by atoms with Crippen molar-refractivity contribution in [2.24, 2.45) is 5.92 Å². The zero-order valence-corrected chi connectivity index (χ0v) is 12.2. The molecule has 1 saturated heterocycles. The van der Waals surface area contributed by atoms with Gasteiger partial charge >= 0.3 is 0 Å². The summed E-state index contributed by atoms with van der Waals surface area (Å²) in [6.07, 6.45) is 1.51. The quantitative estimate of drug-likeness (QED) is 0.857. The van der Waals surface area contributed by atoms with Gasteiger partial charge in [0.1, 0.15) is 11.5 Å². The third-order valence-electron chi connectivity index (χ3n) is 3.25. The number of rotatable bonds is 4. The summed E-state index contributed by atoms with van der Waals surface area (Å²) in [5, 5.41) is 0. The number of methoxy groups -OCH3 is 1. The average Bonchev–Trinajstić information content (AvgIpc) is 2.76. The highest BCUT2D eigenvalue weighted by Crippen LogP contribution is 2.27. The van der Waals surface area contributed by atoms with Crippen LogP contribution in [0.3, 0.4) is 0 Å². The molecule has 1 heterocycles. The van der Waals surface area contributed by atoms with Crippen molar-refractivity contribution in [3.05, 3.63) is 28.2 Å². The highest BCUT2D eigenvalue weighted by atomic mass is 79.9.